The second-order valence-corrected chi connectivity index (χ2v) is 6.54. The maximum atomic E-state index is 11.9. The molecule has 1 N–H and O–H groups in total. The number of aryl methyl sites for hydroxylation is 1. The molecule has 0 saturated heterocycles. The molecular weight excluding hydrogens is 344 g/mol. The Kier molecular flexibility index (Phi) is 7.67. The van der Waals surface area contributed by atoms with Crippen LogP contribution in [0.5, 0.6) is 11.5 Å². The fourth-order valence-electron chi connectivity index (χ4n) is 2.25. The Morgan fingerprint density at radius 1 is 1.19 bits per heavy atom. The number of amides is 1. The second kappa shape index (κ2) is 10.2. The van der Waals surface area contributed by atoms with Gasteiger partial charge in [0.05, 0.1) is 19.9 Å². The van der Waals surface area contributed by atoms with Gasteiger partial charge in [0.2, 0.25) is 0 Å². The molecule has 0 heterocycles. The van der Waals surface area contributed by atoms with Crippen LogP contribution in [0.4, 0.5) is 5.69 Å². The molecule has 0 unspecified atom stereocenters. The molecule has 0 spiro atoms. The van der Waals surface area contributed by atoms with Crippen LogP contribution in [0.3, 0.4) is 0 Å². The molecule has 144 valence electrons. The van der Waals surface area contributed by atoms with E-state index in [4.69, 9.17) is 14.3 Å². The summed E-state index contributed by atoms with van der Waals surface area (Å²) >= 11 is 0. The minimum absolute atomic E-state index is 0.169. The van der Waals surface area contributed by atoms with Crippen LogP contribution in [0.15, 0.2) is 47.6 Å². The summed E-state index contributed by atoms with van der Waals surface area (Å²) in [6.45, 7) is 6.57. The maximum Gasteiger partial charge on any atom is 0.265 e. The van der Waals surface area contributed by atoms with Gasteiger partial charge in [0.15, 0.2) is 18.1 Å². The average molecular weight is 370 g/mol. The van der Waals surface area contributed by atoms with Gasteiger partial charge in [-0.2, -0.15) is 0 Å². The quantitative estimate of drug-likeness (QED) is 0.534. The van der Waals surface area contributed by atoms with Gasteiger partial charge in [0, 0.05) is 11.3 Å². The molecule has 0 atom stereocenters. The number of carbonyl (C=O) groups is 1. The van der Waals surface area contributed by atoms with E-state index in [1.165, 1.54) is 6.21 Å². The first kappa shape index (κ1) is 20.3. The minimum atomic E-state index is -0.271. The number of nitrogens with one attached hydrogen (secondary N) is 1. The van der Waals surface area contributed by atoms with E-state index in [0.717, 1.165) is 16.8 Å². The van der Waals surface area contributed by atoms with Crippen molar-refractivity contribution in [2.24, 2.45) is 11.1 Å². The summed E-state index contributed by atoms with van der Waals surface area (Å²) in [6, 6.07) is 13.0. The molecule has 27 heavy (non-hydrogen) atoms. The lowest BCUT2D eigenvalue weighted by Gasteiger charge is -2.12. The number of benzene rings is 2. The lowest BCUT2D eigenvalue weighted by Crippen LogP contribution is -2.16. The third kappa shape index (κ3) is 7.01. The number of hydrogen-bond acceptors (Lipinski definition) is 5. The Morgan fingerprint density at radius 2 is 2.00 bits per heavy atom. The monoisotopic (exact) mass is 370 g/mol. The molecule has 0 aliphatic carbocycles. The van der Waals surface area contributed by atoms with Crippen LogP contribution in [-0.4, -0.2) is 32.4 Å². The summed E-state index contributed by atoms with van der Waals surface area (Å²) in [5.41, 5.74) is 2.58. The van der Waals surface area contributed by atoms with E-state index in [1.54, 1.807) is 13.2 Å². The fourth-order valence-corrected chi connectivity index (χ4v) is 2.25. The zero-order valence-corrected chi connectivity index (χ0v) is 16.2. The highest BCUT2D eigenvalue weighted by molar-refractivity contribution is 5.91. The normalized spacial score (nSPS) is 10.9. The van der Waals surface area contributed by atoms with Crippen molar-refractivity contribution in [1.82, 2.24) is 0 Å². The lowest BCUT2D eigenvalue weighted by atomic mass is 10.2. The lowest BCUT2D eigenvalue weighted by molar-refractivity contribution is -0.120. The average Bonchev–Trinajstić information content (AvgIpc) is 2.63. The molecule has 0 bridgehead atoms. The van der Waals surface area contributed by atoms with Crippen LogP contribution in [-0.2, 0) is 9.63 Å². The zero-order chi connectivity index (χ0) is 19.6. The number of rotatable bonds is 9. The van der Waals surface area contributed by atoms with Crippen molar-refractivity contribution in [3.8, 4) is 11.5 Å². The van der Waals surface area contributed by atoms with Crippen molar-refractivity contribution in [3.05, 3.63) is 53.6 Å². The van der Waals surface area contributed by atoms with Crippen LogP contribution in [0.2, 0.25) is 0 Å². The molecule has 0 aliphatic heterocycles. The van der Waals surface area contributed by atoms with Crippen molar-refractivity contribution in [2.75, 3.05) is 25.6 Å². The van der Waals surface area contributed by atoms with Crippen molar-refractivity contribution < 1.29 is 19.1 Å². The first-order chi connectivity index (χ1) is 13.0. The summed E-state index contributed by atoms with van der Waals surface area (Å²) in [6.07, 6.45) is 1.52. The van der Waals surface area contributed by atoms with Crippen LogP contribution >= 0.6 is 0 Å². The van der Waals surface area contributed by atoms with Crippen molar-refractivity contribution in [3.63, 3.8) is 0 Å². The van der Waals surface area contributed by atoms with E-state index in [1.807, 2.05) is 43.3 Å². The molecule has 0 saturated carbocycles. The molecule has 2 rings (SSSR count). The highest BCUT2D eigenvalue weighted by Gasteiger charge is 2.06. The van der Waals surface area contributed by atoms with E-state index in [2.05, 4.69) is 24.3 Å². The van der Waals surface area contributed by atoms with Gasteiger partial charge >= 0.3 is 0 Å². The Morgan fingerprint density at radius 3 is 2.70 bits per heavy atom. The van der Waals surface area contributed by atoms with Gasteiger partial charge in [-0.15, -0.1) is 0 Å². The summed E-state index contributed by atoms with van der Waals surface area (Å²) in [4.78, 5) is 16.9. The van der Waals surface area contributed by atoms with E-state index >= 15 is 0 Å². The van der Waals surface area contributed by atoms with E-state index in [9.17, 15) is 4.79 Å². The first-order valence-electron chi connectivity index (χ1n) is 8.80. The van der Waals surface area contributed by atoms with Crippen molar-refractivity contribution in [1.29, 1.82) is 0 Å². The SMILES string of the molecule is COc1cc(/C=N\OCC(=O)Nc2cccc(C)c2)ccc1OCC(C)C. The molecule has 0 aliphatic rings. The minimum Gasteiger partial charge on any atom is -0.493 e. The van der Waals surface area contributed by atoms with Gasteiger partial charge in [-0.05, 0) is 48.7 Å². The van der Waals surface area contributed by atoms with Crippen LogP contribution < -0.4 is 14.8 Å². The Balaban J connectivity index is 1.85. The molecule has 0 aromatic heterocycles. The number of oxime groups is 1. The largest absolute Gasteiger partial charge is 0.493 e. The van der Waals surface area contributed by atoms with E-state index < -0.39 is 0 Å². The Hall–Kier alpha value is -3.02. The standard InChI is InChI=1S/C21H26N2O4/c1-15(2)13-26-19-9-8-17(11-20(19)25-4)12-22-27-14-21(24)23-18-7-5-6-16(3)10-18/h5-12,15H,13-14H2,1-4H3,(H,23,24)/b22-12-. The summed E-state index contributed by atoms with van der Waals surface area (Å²) in [7, 11) is 1.59. The van der Waals surface area contributed by atoms with E-state index in [-0.39, 0.29) is 12.5 Å². The number of hydrogen-bond donors (Lipinski definition) is 1. The molecule has 2 aromatic rings. The third-order valence-electron chi connectivity index (χ3n) is 3.53. The number of nitrogens with zero attached hydrogens (tertiary/aromatic N) is 1. The maximum absolute atomic E-state index is 11.9. The van der Waals surface area contributed by atoms with Gasteiger partial charge in [-0.25, -0.2) is 0 Å². The predicted molar refractivity (Wildman–Crippen MR) is 107 cm³/mol. The molecule has 0 radical (unpaired) electrons. The number of carbonyl (C=O) groups excluding carboxylic acids is 1. The van der Waals surface area contributed by atoms with Gasteiger partial charge in [0.1, 0.15) is 0 Å². The van der Waals surface area contributed by atoms with Gasteiger partial charge < -0.3 is 19.6 Å². The van der Waals surface area contributed by atoms with Crippen molar-refractivity contribution >= 4 is 17.8 Å². The van der Waals surface area contributed by atoms with Crippen LogP contribution in [0.25, 0.3) is 0 Å². The molecule has 1 amide bonds. The number of ether oxygens (including phenoxy) is 2. The highest BCUT2D eigenvalue weighted by atomic mass is 16.6. The predicted octanol–water partition coefficient (Wildman–Crippen LogP) is 4.03. The van der Waals surface area contributed by atoms with Crippen LogP contribution in [0, 0.1) is 12.8 Å². The molecular formula is C21H26N2O4. The Labute approximate surface area is 160 Å². The topological polar surface area (TPSA) is 69.2 Å². The van der Waals surface area contributed by atoms with E-state index in [0.29, 0.717) is 24.0 Å². The summed E-state index contributed by atoms with van der Waals surface area (Å²) < 4.78 is 11.1. The smallest absolute Gasteiger partial charge is 0.265 e. The molecule has 6 heteroatoms. The molecule has 0 fully saturated rings. The highest BCUT2D eigenvalue weighted by Crippen LogP contribution is 2.28. The second-order valence-electron chi connectivity index (χ2n) is 6.54. The Bertz CT molecular complexity index is 788. The zero-order valence-electron chi connectivity index (χ0n) is 16.2. The van der Waals surface area contributed by atoms with Crippen LogP contribution in [0.1, 0.15) is 25.0 Å². The van der Waals surface area contributed by atoms with Crippen molar-refractivity contribution in [2.45, 2.75) is 20.8 Å². The summed E-state index contributed by atoms with van der Waals surface area (Å²) in [5.74, 6) is 1.46. The van der Waals surface area contributed by atoms with Gasteiger partial charge in [-0.3, -0.25) is 4.79 Å². The first-order valence-corrected chi connectivity index (χ1v) is 8.80. The van der Waals surface area contributed by atoms with Gasteiger partial charge in [0.25, 0.3) is 5.91 Å². The molecule has 2 aromatic carbocycles. The number of methoxy groups -OCH3 is 1. The summed E-state index contributed by atoms with van der Waals surface area (Å²) in [5, 5.41) is 6.59. The third-order valence-corrected chi connectivity index (χ3v) is 3.53. The molecule has 6 nitrogen and oxygen atoms in total. The fraction of sp³-hybridized carbons (Fsp3) is 0.333. The number of anilines is 1. The van der Waals surface area contributed by atoms with Gasteiger partial charge in [-0.1, -0.05) is 31.1 Å².